The van der Waals surface area contributed by atoms with Crippen LogP contribution in [0.5, 0.6) is 0 Å². The Bertz CT molecular complexity index is 3500. The molecule has 12 rings (SSSR count). The quantitative estimate of drug-likeness (QED) is 0.153. The first-order valence-electron chi connectivity index (χ1n) is 21.5. The van der Waals surface area contributed by atoms with Gasteiger partial charge in [0.2, 0.25) is 0 Å². The van der Waals surface area contributed by atoms with Crippen LogP contribution in [0.25, 0.3) is 93.9 Å². The second-order valence-corrected chi connectivity index (χ2v) is 16.1. The Balaban J connectivity index is 0.937. The molecule has 0 radical (unpaired) electrons. The Labute approximate surface area is 366 Å². The monoisotopic (exact) mass is 804 g/mol. The highest BCUT2D eigenvalue weighted by Crippen LogP contribution is 2.42. The maximum absolute atomic E-state index is 6.37. The van der Waals surface area contributed by atoms with E-state index < -0.39 is 0 Å². The maximum Gasteiger partial charge on any atom is 0.136 e. The first-order valence-corrected chi connectivity index (χ1v) is 21.5. The third-order valence-corrected chi connectivity index (χ3v) is 12.4. The Morgan fingerprint density at radius 1 is 0.302 bits per heavy atom. The highest BCUT2D eigenvalue weighted by Gasteiger charge is 2.19. The molecule has 63 heavy (non-hydrogen) atoms. The molecule has 0 amide bonds. The van der Waals surface area contributed by atoms with Crippen LogP contribution in [0, 0.1) is 0 Å². The average Bonchev–Trinajstić information content (AvgIpc) is 3.91. The molecular weight excluding hydrogens is 765 g/mol. The summed E-state index contributed by atoms with van der Waals surface area (Å²) in [6.45, 7) is 0. The zero-order valence-corrected chi connectivity index (χ0v) is 34.4. The average molecular weight is 805 g/mol. The van der Waals surface area contributed by atoms with Gasteiger partial charge >= 0.3 is 0 Å². The number of para-hydroxylation sites is 3. The lowest BCUT2D eigenvalue weighted by atomic mass is 10.00. The molecule has 0 saturated carbocycles. The molecule has 0 unspecified atom stereocenters. The smallest absolute Gasteiger partial charge is 0.136 e. The fourth-order valence-electron chi connectivity index (χ4n) is 9.35. The number of anilines is 3. The lowest BCUT2D eigenvalue weighted by molar-refractivity contribution is 0.669. The molecule has 3 nitrogen and oxygen atoms in total. The van der Waals surface area contributed by atoms with Crippen LogP contribution in [0.4, 0.5) is 17.1 Å². The summed E-state index contributed by atoms with van der Waals surface area (Å²) in [4.78, 5) is 2.34. The summed E-state index contributed by atoms with van der Waals surface area (Å²) in [5.74, 6) is 0. The minimum Gasteiger partial charge on any atom is -0.456 e. The second kappa shape index (κ2) is 15.3. The van der Waals surface area contributed by atoms with Crippen molar-refractivity contribution in [1.82, 2.24) is 4.57 Å². The maximum atomic E-state index is 6.37. The third kappa shape index (κ3) is 6.46. The van der Waals surface area contributed by atoms with Gasteiger partial charge in [0.15, 0.2) is 0 Å². The predicted molar refractivity (Wildman–Crippen MR) is 264 cm³/mol. The first-order chi connectivity index (χ1) is 31.2. The minimum absolute atomic E-state index is 0.894. The predicted octanol–water partition coefficient (Wildman–Crippen LogP) is 16.8. The summed E-state index contributed by atoms with van der Waals surface area (Å²) < 4.78 is 8.80. The summed E-state index contributed by atoms with van der Waals surface area (Å²) in [5.41, 5.74) is 17.9. The number of hydrogen-bond acceptors (Lipinski definition) is 2. The number of benzene rings is 10. The van der Waals surface area contributed by atoms with E-state index in [-0.39, 0.29) is 0 Å². The van der Waals surface area contributed by atoms with Crippen molar-refractivity contribution in [2.45, 2.75) is 0 Å². The summed E-state index contributed by atoms with van der Waals surface area (Å²) in [6, 6.07) is 87.1. The molecule has 0 N–H and O–H groups in total. The van der Waals surface area contributed by atoms with Gasteiger partial charge < -0.3 is 13.9 Å². The van der Waals surface area contributed by atoms with Gasteiger partial charge in [0.1, 0.15) is 11.2 Å². The molecule has 0 bridgehead atoms. The number of fused-ring (bicyclic) bond motifs is 6. The van der Waals surface area contributed by atoms with E-state index in [1.54, 1.807) is 0 Å². The molecule has 2 aromatic heterocycles. The van der Waals surface area contributed by atoms with E-state index in [2.05, 4.69) is 240 Å². The Kier molecular flexibility index (Phi) is 8.83. The van der Waals surface area contributed by atoms with Gasteiger partial charge in [-0.3, -0.25) is 0 Å². The lowest BCUT2D eigenvalue weighted by Crippen LogP contribution is -2.09. The molecule has 0 spiro atoms. The van der Waals surface area contributed by atoms with Crippen LogP contribution in [0.3, 0.4) is 0 Å². The Morgan fingerprint density at radius 3 is 1.43 bits per heavy atom. The van der Waals surface area contributed by atoms with Crippen molar-refractivity contribution in [2.75, 3.05) is 4.90 Å². The van der Waals surface area contributed by atoms with Crippen molar-refractivity contribution in [3.8, 4) is 50.2 Å². The first kappa shape index (κ1) is 36.5. The zero-order chi connectivity index (χ0) is 41.7. The van der Waals surface area contributed by atoms with Gasteiger partial charge in [-0.2, -0.15) is 0 Å². The Morgan fingerprint density at radius 2 is 0.778 bits per heavy atom. The minimum atomic E-state index is 0.894. The van der Waals surface area contributed by atoms with Crippen LogP contribution >= 0.6 is 0 Å². The van der Waals surface area contributed by atoms with Crippen LogP contribution < -0.4 is 4.90 Å². The van der Waals surface area contributed by atoms with Gasteiger partial charge in [-0.05, 0) is 112 Å². The zero-order valence-electron chi connectivity index (χ0n) is 34.4. The van der Waals surface area contributed by atoms with E-state index in [0.29, 0.717) is 0 Å². The highest BCUT2D eigenvalue weighted by molar-refractivity contribution is 6.14. The molecule has 3 heteroatoms. The van der Waals surface area contributed by atoms with Crippen molar-refractivity contribution in [3.05, 3.63) is 243 Å². The molecule has 0 fully saturated rings. The molecular formula is C60H40N2O. The number of rotatable bonds is 8. The largest absolute Gasteiger partial charge is 0.456 e. The van der Waals surface area contributed by atoms with Crippen LogP contribution in [0.15, 0.2) is 247 Å². The molecule has 10 aromatic carbocycles. The second-order valence-electron chi connectivity index (χ2n) is 16.1. The molecule has 0 aliphatic heterocycles. The van der Waals surface area contributed by atoms with Crippen molar-refractivity contribution in [2.24, 2.45) is 0 Å². The summed E-state index contributed by atoms with van der Waals surface area (Å²) in [7, 11) is 0. The van der Waals surface area contributed by atoms with Gasteiger partial charge in [-0.25, -0.2) is 0 Å². The van der Waals surface area contributed by atoms with Gasteiger partial charge in [0.05, 0.1) is 11.0 Å². The highest BCUT2D eigenvalue weighted by atomic mass is 16.3. The number of aromatic nitrogens is 1. The van der Waals surface area contributed by atoms with E-state index >= 15 is 0 Å². The fourth-order valence-corrected chi connectivity index (χ4v) is 9.35. The van der Waals surface area contributed by atoms with Crippen LogP contribution in [0.2, 0.25) is 0 Å². The molecule has 0 atom stereocenters. The van der Waals surface area contributed by atoms with E-state index in [4.69, 9.17) is 4.42 Å². The van der Waals surface area contributed by atoms with E-state index in [9.17, 15) is 0 Å². The van der Waals surface area contributed by atoms with Crippen molar-refractivity contribution < 1.29 is 4.42 Å². The molecule has 0 aliphatic carbocycles. The SMILES string of the molecule is c1ccc(-c2ccc(N(c3ccc(-c4ccccc4)cc3)c3ccc(-c4cccc(-n5c6ccccc6c6cccc(-c7ccc8c(c7)oc7ccccc78)c65)c4)cc3)cc2)cc1. The fraction of sp³-hybridized carbons (Fsp3) is 0. The molecule has 0 aliphatic rings. The molecule has 12 aromatic rings. The molecule has 0 saturated heterocycles. The normalized spacial score (nSPS) is 11.5. The molecule has 2 heterocycles. The summed E-state index contributed by atoms with van der Waals surface area (Å²) >= 11 is 0. The molecule has 296 valence electrons. The van der Waals surface area contributed by atoms with Gasteiger partial charge in [0.25, 0.3) is 0 Å². The van der Waals surface area contributed by atoms with Gasteiger partial charge in [-0.1, -0.05) is 170 Å². The number of nitrogens with zero attached hydrogens (tertiary/aromatic N) is 2. The van der Waals surface area contributed by atoms with E-state index in [0.717, 1.165) is 66.9 Å². The topological polar surface area (TPSA) is 21.3 Å². The number of hydrogen-bond donors (Lipinski definition) is 0. The standard InChI is InChI=1S/C60H40N2O/c1-3-13-41(14-4-1)43-25-32-48(33-26-43)61(49-34-27-44(28-35-49)42-15-5-2-6-16-42)50-36-29-45(30-37-50)46-17-11-18-51(39-46)62-57-23-9-7-19-53(57)56-22-12-21-52(60(56)62)47-31-38-55-54-20-8-10-24-58(54)63-59(55)40-47/h1-40H. The summed E-state index contributed by atoms with van der Waals surface area (Å²) in [6.07, 6.45) is 0. The summed E-state index contributed by atoms with van der Waals surface area (Å²) in [5, 5.41) is 4.71. The van der Waals surface area contributed by atoms with Crippen molar-refractivity contribution in [3.63, 3.8) is 0 Å². The van der Waals surface area contributed by atoms with Crippen LogP contribution in [-0.2, 0) is 0 Å². The Hall–Kier alpha value is -8.40. The third-order valence-electron chi connectivity index (χ3n) is 12.4. The van der Waals surface area contributed by atoms with Gasteiger partial charge in [0, 0.05) is 49.9 Å². The van der Waals surface area contributed by atoms with Gasteiger partial charge in [-0.15, -0.1) is 0 Å². The van der Waals surface area contributed by atoms with E-state index in [1.807, 2.05) is 12.1 Å². The van der Waals surface area contributed by atoms with Crippen molar-refractivity contribution in [1.29, 1.82) is 0 Å². The lowest BCUT2D eigenvalue weighted by Gasteiger charge is -2.26. The van der Waals surface area contributed by atoms with Crippen LogP contribution in [0.1, 0.15) is 0 Å². The van der Waals surface area contributed by atoms with Crippen molar-refractivity contribution >= 4 is 60.8 Å². The van der Waals surface area contributed by atoms with Crippen LogP contribution in [-0.4, -0.2) is 4.57 Å². The number of furan rings is 1. The van der Waals surface area contributed by atoms with E-state index in [1.165, 1.54) is 44.1 Å².